The van der Waals surface area contributed by atoms with Crippen LogP contribution < -0.4 is 0 Å². The van der Waals surface area contributed by atoms with E-state index in [-0.39, 0.29) is 11.5 Å². The highest BCUT2D eigenvalue weighted by molar-refractivity contribution is 6.75. The topological polar surface area (TPSA) is 40.5 Å². The SMILES string of the molecule is C[Si](C)(C)Cc1cccc(O)c1O. The lowest BCUT2D eigenvalue weighted by Crippen LogP contribution is -2.23. The molecule has 0 spiro atoms. The average Bonchev–Trinajstić information content (AvgIpc) is 1.96. The van der Waals surface area contributed by atoms with Crippen LogP contribution in [0.25, 0.3) is 0 Å². The molecule has 0 aromatic heterocycles. The molecule has 1 rings (SSSR count). The van der Waals surface area contributed by atoms with E-state index in [0.717, 1.165) is 11.6 Å². The van der Waals surface area contributed by atoms with E-state index < -0.39 is 8.07 Å². The van der Waals surface area contributed by atoms with E-state index in [1.54, 1.807) is 6.07 Å². The number of rotatable bonds is 2. The molecule has 0 radical (unpaired) electrons. The van der Waals surface area contributed by atoms with Crippen molar-refractivity contribution in [2.24, 2.45) is 0 Å². The normalized spacial score (nSPS) is 11.6. The highest BCUT2D eigenvalue weighted by atomic mass is 28.3. The first-order valence-electron chi connectivity index (χ1n) is 4.40. The van der Waals surface area contributed by atoms with Gasteiger partial charge in [-0.3, -0.25) is 0 Å². The molecule has 0 bridgehead atoms. The summed E-state index contributed by atoms with van der Waals surface area (Å²) in [6.45, 7) is 6.70. The Morgan fingerprint density at radius 1 is 1.15 bits per heavy atom. The number of hydrogen-bond acceptors (Lipinski definition) is 2. The van der Waals surface area contributed by atoms with Gasteiger partial charge in [0.2, 0.25) is 0 Å². The van der Waals surface area contributed by atoms with Crippen molar-refractivity contribution in [1.82, 2.24) is 0 Å². The Kier molecular flexibility index (Phi) is 2.66. The van der Waals surface area contributed by atoms with Gasteiger partial charge < -0.3 is 10.2 Å². The fraction of sp³-hybridized carbons (Fsp3) is 0.400. The molecule has 1 aromatic rings. The molecule has 0 saturated carbocycles. The van der Waals surface area contributed by atoms with Gasteiger partial charge in [0.1, 0.15) is 0 Å². The summed E-state index contributed by atoms with van der Waals surface area (Å²) in [5.41, 5.74) is 0.860. The number of aromatic hydroxyl groups is 2. The second kappa shape index (κ2) is 3.42. The molecule has 1 aromatic carbocycles. The summed E-state index contributed by atoms with van der Waals surface area (Å²) in [4.78, 5) is 0. The highest BCUT2D eigenvalue weighted by Crippen LogP contribution is 2.30. The summed E-state index contributed by atoms with van der Waals surface area (Å²) in [5, 5.41) is 18.8. The van der Waals surface area contributed by atoms with Crippen molar-refractivity contribution >= 4 is 8.07 Å². The lowest BCUT2D eigenvalue weighted by Gasteiger charge is -2.16. The molecule has 13 heavy (non-hydrogen) atoms. The predicted molar refractivity (Wildman–Crippen MR) is 56.8 cm³/mol. The summed E-state index contributed by atoms with van der Waals surface area (Å²) in [6, 6.07) is 6.04. The Hall–Kier alpha value is -0.963. The first-order valence-corrected chi connectivity index (χ1v) is 8.11. The van der Waals surface area contributed by atoms with Crippen molar-refractivity contribution in [3.05, 3.63) is 23.8 Å². The summed E-state index contributed by atoms with van der Waals surface area (Å²) in [6.07, 6.45) is 0. The number of para-hydroxylation sites is 1. The van der Waals surface area contributed by atoms with Crippen LogP contribution in [0.4, 0.5) is 0 Å². The number of phenols is 2. The molecule has 0 unspecified atom stereocenters. The van der Waals surface area contributed by atoms with Crippen LogP contribution in [0, 0.1) is 0 Å². The Morgan fingerprint density at radius 3 is 2.31 bits per heavy atom. The van der Waals surface area contributed by atoms with Crippen LogP contribution in [-0.2, 0) is 6.04 Å². The molecule has 0 heterocycles. The Bertz CT molecular complexity index is 302. The minimum atomic E-state index is -1.22. The second-order valence-corrected chi connectivity index (χ2v) is 10.00. The molecule has 72 valence electrons. The zero-order valence-electron chi connectivity index (χ0n) is 8.33. The maximum Gasteiger partial charge on any atom is 0.160 e. The van der Waals surface area contributed by atoms with Crippen molar-refractivity contribution in [2.45, 2.75) is 25.7 Å². The van der Waals surface area contributed by atoms with E-state index in [9.17, 15) is 10.2 Å². The van der Waals surface area contributed by atoms with Crippen molar-refractivity contribution < 1.29 is 10.2 Å². The van der Waals surface area contributed by atoms with Crippen molar-refractivity contribution in [2.75, 3.05) is 0 Å². The number of benzene rings is 1. The van der Waals surface area contributed by atoms with Gasteiger partial charge in [-0.25, -0.2) is 0 Å². The fourth-order valence-electron chi connectivity index (χ4n) is 1.29. The molecular weight excluding hydrogens is 180 g/mol. The third-order valence-electron chi connectivity index (χ3n) is 1.82. The maximum absolute atomic E-state index is 9.53. The Labute approximate surface area is 79.9 Å². The van der Waals surface area contributed by atoms with E-state index in [1.165, 1.54) is 6.07 Å². The largest absolute Gasteiger partial charge is 0.504 e. The molecule has 0 aliphatic rings. The first kappa shape index (κ1) is 10.1. The minimum Gasteiger partial charge on any atom is -0.504 e. The van der Waals surface area contributed by atoms with Crippen LogP contribution in [-0.4, -0.2) is 18.3 Å². The molecule has 0 fully saturated rings. The smallest absolute Gasteiger partial charge is 0.160 e. The Morgan fingerprint density at radius 2 is 1.77 bits per heavy atom. The van der Waals surface area contributed by atoms with E-state index in [1.807, 2.05) is 6.07 Å². The van der Waals surface area contributed by atoms with Gasteiger partial charge in [-0.05, 0) is 17.7 Å². The van der Waals surface area contributed by atoms with Gasteiger partial charge >= 0.3 is 0 Å². The Balaban J connectivity index is 2.96. The van der Waals surface area contributed by atoms with Gasteiger partial charge in [0.15, 0.2) is 11.5 Å². The van der Waals surface area contributed by atoms with E-state index in [0.29, 0.717) is 0 Å². The van der Waals surface area contributed by atoms with Crippen LogP contribution in [0.5, 0.6) is 11.5 Å². The maximum atomic E-state index is 9.53. The number of phenolic OH excluding ortho intramolecular Hbond substituents is 2. The molecule has 0 aliphatic heterocycles. The van der Waals surface area contributed by atoms with E-state index in [2.05, 4.69) is 19.6 Å². The third kappa shape index (κ3) is 2.77. The summed E-state index contributed by atoms with van der Waals surface area (Å²) in [5.74, 6) is 0.0284. The van der Waals surface area contributed by atoms with Gasteiger partial charge in [-0.1, -0.05) is 31.8 Å². The van der Waals surface area contributed by atoms with Gasteiger partial charge in [-0.15, -0.1) is 0 Å². The lowest BCUT2D eigenvalue weighted by atomic mass is 10.2. The standard InChI is InChI=1S/C10H16O2Si/c1-13(2,3)7-8-5-4-6-9(11)10(8)12/h4-6,11-12H,7H2,1-3H3. The zero-order valence-corrected chi connectivity index (χ0v) is 9.33. The number of hydrogen-bond donors (Lipinski definition) is 2. The van der Waals surface area contributed by atoms with Crippen LogP contribution in [0.1, 0.15) is 5.56 Å². The summed E-state index contributed by atoms with van der Waals surface area (Å²) < 4.78 is 0. The highest BCUT2D eigenvalue weighted by Gasteiger charge is 2.17. The third-order valence-corrected chi connectivity index (χ3v) is 3.26. The molecule has 0 amide bonds. The lowest BCUT2D eigenvalue weighted by molar-refractivity contribution is 0.400. The first-order chi connectivity index (χ1) is 5.90. The summed E-state index contributed by atoms with van der Waals surface area (Å²) in [7, 11) is -1.22. The average molecular weight is 196 g/mol. The zero-order chi connectivity index (χ0) is 10.1. The van der Waals surface area contributed by atoms with Gasteiger partial charge in [0.05, 0.1) is 0 Å². The quantitative estimate of drug-likeness (QED) is 0.563. The van der Waals surface area contributed by atoms with Gasteiger partial charge in [0, 0.05) is 8.07 Å². The molecule has 0 saturated heterocycles. The van der Waals surface area contributed by atoms with E-state index >= 15 is 0 Å². The monoisotopic (exact) mass is 196 g/mol. The molecule has 3 heteroatoms. The summed E-state index contributed by atoms with van der Waals surface area (Å²) >= 11 is 0. The minimum absolute atomic E-state index is 0.0178. The van der Waals surface area contributed by atoms with Crippen LogP contribution in [0.15, 0.2) is 18.2 Å². The second-order valence-electron chi connectivity index (χ2n) is 4.52. The van der Waals surface area contributed by atoms with Gasteiger partial charge in [0.25, 0.3) is 0 Å². The van der Waals surface area contributed by atoms with Crippen LogP contribution >= 0.6 is 0 Å². The van der Waals surface area contributed by atoms with Crippen molar-refractivity contribution in [3.8, 4) is 11.5 Å². The molecule has 2 nitrogen and oxygen atoms in total. The fourth-order valence-corrected chi connectivity index (χ4v) is 2.72. The predicted octanol–water partition coefficient (Wildman–Crippen LogP) is 2.52. The van der Waals surface area contributed by atoms with Crippen LogP contribution in [0.2, 0.25) is 19.6 Å². The van der Waals surface area contributed by atoms with Crippen molar-refractivity contribution in [3.63, 3.8) is 0 Å². The molecule has 2 N–H and O–H groups in total. The molecule has 0 aliphatic carbocycles. The van der Waals surface area contributed by atoms with Crippen LogP contribution in [0.3, 0.4) is 0 Å². The molecular formula is C10H16O2Si. The van der Waals surface area contributed by atoms with Crippen molar-refractivity contribution in [1.29, 1.82) is 0 Å². The van der Waals surface area contributed by atoms with Gasteiger partial charge in [-0.2, -0.15) is 0 Å². The molecule has 0 atom stereocenters. The van der Waals surface area contributed by atoms with E-state index in [4.69, 9.17) is 0 Å².